The number of hydrogen-bond acceptors (Lipinski definition) is 3. The van der Waals surface area contributed by atoms with Gasteiger partial charge in [-0.05, 0) is 37.5 Å². The predicted octanol–water partition coefficient (Wildman–Crippen LogP) is 1.75. The molecule has 1 heterocycles. The van der Waals surface area contributed by atoms with Gasteiger partial charge in [-0.2, -0.15) is 0 Å². The summed E-state index contributed by atoms with van der Waals surface area (Å²) in [6, 6.07) is 0. The smallest absolute Gasteiger partial charge is 0.244 e. The SMILES string of the molecule is CS(=O)(=O)C1(C(=O)N2CCC3(CCC3)C2)CCCC1. The van der Waals surface area contributed by atoms with Gasteiger partial charge in [-0.3, -0.25) is 4.79 Å². The minimum atomic E-state index is -3.32. The Balaban J connectivity index is 1.82. The molecule has 0 N–H and O–H groups in total. The molecule has 3 aliphatic rings. The van der Waals surface area contributed by atoms with Gasteiger partial charge in [-0.25, -0.2) is 8.42 Å². The molecule has 3 rings (SSSR count). The zero-order valence-corrected chi connectivity index (χ0v) is 12.5. The van der Waals surface area contributed by atoms with E-state index in [1.165, 1.54) is 25.5 Å². The summed E-state index contributed by atoms with van der Waals surface area (Å²) >= 11 is 0. The molecule has 0 atom stereocenters. The molecule has 1 amide bonds. The van der Waals surface area contributed by atoms with Gasteiger partial charge in [0.15, 0.2) is 14.6 Å². The number of carbonyl (C=O) groups excluding carboxylic acids is 1. The minimum absolute atomic E-state index is 0.101. The van der Waals surface area contributed by atoms with Crippen LogP contribution in [0, 0.1) is 5.41 Å². The van der Waals surface area contributed by atoms with Gasteiger partial charge in [-0.1, -0.05) is 19.3 Å². The Morgan fingerprint density at radius 2 is 1.63 bits per heavy atom. The Hall–Kier alpha value is -0.580. The summed E-state index contributed by atoms with van der Waals surface area (Å²) in [4.78, 5) is 14.6. The fourth-order valence-electron chi connectivity index (χ4n) is 4.17. The van der Waals surface area contributed by atoms with E-state index in [4.69, 9.17) is 0 Å². The second kappa shape index (κ2) is 4.21. The molecule has 19 heavy (non-hydrogen) atoms. The lowest BCUT2D eigenvalue weighted by Crippen LogP contribution is -2.52. The summed E-state index contributed by atoms with van der Waals surface area (Å²) in [7, 11) is -3.32. The highest BCUT2D eigenvalue weighted by atomic mass is 32.2. The first-order valence-corrected chi connectivity index (χ1v) is 9.27. The molecule has 1 saturated heterocycles. The van der Waals surface area contributed by atoms with Gasteiger partial charge in [0, 0.05) is 19.3 Å². The van der Waals surface area contributed by atoms with Gasteiger partial charge in [0.25, 0.3) is 0 Å². The fraction of sp³-hybridized carbons (Fsp3) is 0.929. The largest absolute Gasteiger partial charge is 0.341 e. The van der Waals surface area contributed by atoms with Crippen molar-refractivity contribution in [2.24, 2.45) is 5.41 Å². The Morgan fingerprint density at radius 1 is 1.00 bits per heavy atom. The first kappa shape index (κ1) is 13.4. The quantitative estimate of drug-likeness (QED) is 0.776. The van der Waals surface area contributed by atoms with Crippen molar-refractivity contribution >= 4 is 15.7 Å². The number of likely N-dealkylation sites (tertiary alicyclic amines) is 1. The summed E-state index contributed by atoms with van der Waals surface area (Å²) in [5.41, 5.74) is 0.340. The molecule has 0 aromatic heterocycles. The van der Waals surface area contributed by atoms with E-state index in [1.807, 2.05) is 4.90 Å². The van der Waals surface area contributed by atoms with Crippen LogP contribution in [0.5, 0.6) is 0 Å². The minimum Gasteiger partial charge on any atom is -0.341 e. The van der Waals surface area contributed by atoms with Gasteiger partial charge in [0.2, 0.25) is 5.91 Å². The topological polar surface area (TPSA) is 54.5 Å². The van der Waals surface area contributed by atoms with Crippen LogP contribution in [0.25, 0.3) is 0 Å². The maximum absolute atomic E-state index is 12.8. The van der Waals surface area contributed by atoms with E-state index in [0.29, 0.717) is 18.3 Å². The Labute approximate surface area is 115 Å². The lowest BCUT2D eigenvalue weighted by molar-refractivity contribution is -0.133. The zero-order valence-electron chi connectivity index (χ0n) is 11.7. The third-order valence-electron chi connectivity index (χ3n) is 5.65. The molecule has 0 unspecified atom stereocenters. The van der Waals surface area contributed by atoms with Crippen molar-refractivity contribution in [3.63, 3.8) is 0 Å². The first-order valence-electron chi connectivity index (χ1n) is 7.38. The number of sulfone groups is 1. The van der Waals surface area contributed by atoms with Crippen LogP contribution in [-0.4, -0.2) is 43.3 Å². The number of rotatable bonds is 2. The van der Waals surface area contributed by atoms with Gasteiger partial charge >= 0.3 is 0 Å². The van der Waals surface area contributed by atoms with E-state index >= 15 is 0 Å². The van der Waals surface area contributed by atoms with Crippen molar-refractivity contribution < 1.29 is 13.2 Å². The second-order valence-corrected chi connectivity index (χ2v) is 9.13. The molecule has 0 radical (unpaired) electrons. The fourth-order valence-corrected chi connectivity index (χ4v) is 5.65. The van der Waals surface area contributed by atoms with Crippen molar-refractivity contribution in [2.45, 2.75) is 56.1 Å². The first-order chi connectivity index (χ1) is 8.89. The average molecular weight is 285 g/mol. The Bertz CT molecular complexity index is 487. The summed E-state index contributed by atoms with van der Waals surface area (Å²) in [6.07, 6.45) is 8.76. The molecular weight excluding hydrogens is 262 g/mol. The zero-order chi connectivity index (χ0) is 13.7. The van der Waals surface area contributed by atoms with Crippen molar-refractivity contribution in [1.82, 2.24) is 4.90 Å². The molecule has 4 nitrogen and oxygen atoms in total. The van der Waals surface area contributed by atoms with Crippen molar-refractivity contribution in [1.29, 1.82) is 0 Å². The van der Waals surface area contributed by atoms with Gasteiger partial charge in [-0.15, -0.1) is 0 Å². The van der Waals surface area contributed by atoms with Crippen LogP contribution in [0.3, 0.4) is 0 Å². The van der Waals surface area contributed by atoms with Crippen LogP contribution in [0.15, 0.2) is 0 Å². The molecule has 1 aliphatic heterocycles. The summed E-state index contributed by atoms with van der Waals surface area (Å²) in [5.74, 6) is -0.101. The number of amides is 1. The Morgan fingerprint density at radius 3 is 2.05 bits per heavy atom. The molecule has 2 saturated carbocycles. The van der Waals surface area contributed by atoms with Crippen molar-refractivity contribution in [3.8, 4) is 0 Å². The molecule has 5 heteroatoms. The Kier molecular flexibility index (Phi) is 2.97. The van der Waals surface area contributed by atoms with E-state index in [-0.39, 0.29) is 5.91 Å². The van der Waals surface area contributed by atoms with E-state index < -0.39 is 14.6 Å². The molecule has 0 aromatic carbocycles. The van der Waals surface area contributed by atoms with E-state index in [1.54, 1.807) is 0 Å². The van der Waals surface area contributed by atoms with E-state index in [0.717, 1.165) is 32.4 Å². The number of nitrogens with zero attached hydrogens (tertiary/aromatic N) is 1. The van der Waals surface area contributed by atoms with Crippen LogP contribution in [0.4, 0.5) is 0 Å². The standard InChI is InChI=1S/C14H23NO3S/c1-19(17,18)14(7-2-3-8-14)12(16)15-10-9-13(11-15)5-4-6-13/h2-11H2,1H3. The normalized spacial score (nSPS) is 28.6. The van der Waals surface area contributed by atoms with Crippen molar-refractivity contribution in [3.05, 3.63) is 0 Å². The third kappa shape index (κ3) is 1.92. The molecule has 3 fully saturated rings. The van der Waals surface area contributed by atoms with E-state index in [9.17, 15) is 13.2 Å². The lowest BCUT2D eigenvalue weighted by Gasteiger charge is -2.39. The van der Waals surface area contributed by atoms with Crippen molar-refractivity contribution in [2.75, 3.05) is 19.3 Å². The maximum Gasteiger partial charge on any atom is 0.244 e. The highest BCUT2D eigenvalue weighted by Crippen LogP contribution is 2.49. The number of hydrogen-bond donors (Lipinski definition) is 0. The lowest BCUT2D eigenvalue weighted by atomic mass is 9.68. The molecular formula is C14H23NO3S. The summed E-state index contributed by atoms with van der Waals surface area (Å²) in [6.45, 7) is 1.55. The monoisotopic (exact) mass is 285 g/mol. The third-order valence-corrected chi connectivity index (χ3v) is 7.65. The van der Waals surface area contributed by atoms with Gasteiger partial charge < -0.3 is 4.90 Å². The van der Waals surface area contributed by atoms with Crippen LogP contribution in [-0.2, 0) is 14.6 Å². The highest BCUT2D eigenvalue weighted by molar-refractivity contribution is 7.92. The van der Waals surface area contributed by atoms with Gasteiger partial charge in [0.1, 0.15) is 0 Å². The molecule has 0 bridgehead atoms. The molecule has 0 aromatic rings. The van der Waals surface area contributed by atoms with Crippen LogP contribution in [0.2, 0.25) is 0 Å². The highest BCUT2D eigenvalue weighted by Gasteiger charge is 2.54. The maximum atomic E-state index is 12.8. The van der Waals surface area contributed by atoms with Crippen LogP contribution < -0.4 is 0 Å². The number of carbonyl (C=O) groups is 1. The average Bonchev–Trinajstić information content (AvgIpc) is 2.94. The van der Waals surface area contributed by atoms with Crippen LogP contribution in [0.1, 0.15) is 51.4 Å². The predicted molar refractivity (Wildman–Crippen MR) is 73.5 cm³/mol. The molecule has 108 valence electrons. The second-order valence-electron chi connectivity index (χ2n) is 6.80. The van der Waals surface area contributed by atoms with Crippen LogP contribution >= 0.6 is 0 Å². The van der Waals surface area contributed by atoms with Gasteiger partial charge in [0.05, 0.1) is 0 Å². The van der Waals surface area contributed by atoms with E-state index in [2.05, 4.69) is 0 Å². The molecule has 1 spiro atoms. The summed E-state index contributed by atoms with van der Waals surface area (Å²) in [5, 5.41) is 0. The summed E-state index contributed by atoms with van der Waals surface area (Å²) < 4.78 is 23.2. The molecule has 2 aliphatic carbocycles.